The van der Waals surface area contributed by atoms with Crippen LogP contribution in [0.2, 0.25) is 0 Å². The number of aliphatic hydroxyl groups is 1. The fourth-order valence-corrected chi connectivity index (χ4v) is 2.59. The minimum Gasteiger partial charge on any atom is -0.388 e. The molecular formula is C13H22O2. The fourth-order valence-electron chi connectivity index (χ4n) is 2.59. The number of ether oxygens (including phenoxy) is 1. The SMILES string of the molecule is OC(C1=CCCCCCC1)C1CCOC1. The Kier molecular flexibility index (Phi) is 4.21. The van der Waals surface area contributed by atoms with E-state index in [4.69, 9.17) is 4.74 Å². The van der Waals surface area contributed by atoms with E-state index in [1.165, 1.54) is 31.3 Å². The van der Waals surface area contributed by atoms with Gasteiger partial charge in [-0.2, -0.15) is 0 Å². The van der Waals surface area contributed by atoms with E-state index in [0.717, 1.165) is 32.5 Å². The van der Waals surface area contributed by atoms with E-state index in [9.17, 15) is 5.11 Å². The van der Waals surface area contributed by atoms with Gasteiger partial charge in [-0.3, -0.25) is 0 Å². The van der Waals surface area contributed by atoms with Crippen molar-refractivity contribution in [3.8, 4) is 0 Å². The molecular weight excluding hydrogens is 188 g/mol. The summed E-state index contributed by atoms with van der Waals surface area (Å²) in [6, 6.07) is 0. The van der Waals surface area contributed by atoms with Gasteiger partial charge in [0, 0.05) is 12.5 Å². The summed E-state index contributed by atoms with van der Waals surface area (Å²) >= 11 is 0. The topological polar surface area (TPSA) is 29.5 Å². The molecule has 1 saturated heterocycles. The Morgan fingerprint density at radius 2 is 2.13 bits per heavy atom. The average molecular weight is 210 g/mol. The van der Waals surface area contributed by atoms with Gasteiger partial charge in [-0.15, -0.1) is 0 Å². The molecule has 15 heavy (non-hydrogen) atoms. The summed E-state index contributed by atoms with van der Waals surface area (Å²) in [7, 11) is 0. The molecule has 0 saturated carbocycles. The zero-order valence-electron chi connectivity index (χ0n) is 9.45. The first kappa shape index (κ1) is 11.2. The third-order valence-corrected chi connectivity index (χ3v) is 3.62. The van der Waals surface area contributed by atoms with Crippen LogP contribution in [-0.4, -0.2) is 24.4 Å². The quantitative estimate of drug-likeness (QED) is 0.710. The summed E-state index contributed by atoms with van der Waals surface area (Å²) in [5.74, 6) is 0.357. The van der Waals surface area contributed by atoms with Crippen LogP contribution in [-0.2, 0) is 4.74 Å². The lowest BCUT2D eigenvalue weighted by molar-refractivity contribution is 0.113. The highest BCUT2D eigenvalue weighted by molar-refractivity contribution is 5.10. The van der Waals surface area contributed by atoms with Gasteiger partial charge >= 0.3 is 0 Å². The van der Waals surface area contributed by atoms with E-state index in [0.29, 0.717) is 5.92 Å². The Hall–Kier alpha value is -0.340. The number of aliphatic hydroxyl groups excluding tert-OH is 1. The van der Waals surface area contributed by atoms with Gasteiger partial charge in [-0.1, -0.05) is 18.9 Å². The lowest BCUT2D eigenvalue weighted by Gasteiger charge is -2.21. The van der Waals surface area contributed by atoms with E-state index >= 15 is 0 Å². The van der Waals surface area contributed by atoms with Gasteiger partial charge in [0.25, 0.3) is 0 Å². The molecule has 0 aromatic heterocycles. The predicted octanol–water partition coefficient (Wildman–Crippen LogP) is 2.66. The molecule has 0 radical (unpaired) electrons. The fraction of sp³-hybridized carbons (Fsp3) is 0.846. The van der Waals surface area contributed by atoms with Gasteiger partial charge in [-0.05, 0) is 37.7 Å². The van der Waals surface area contributed by atoms with E-state index < -0.39 is 0 Å². The van der Waals surface area contributed by atoms with Crippen LogP contribution in [0.15, 0.2) is 11.6 Å². The third kappa shape index (κ3) is 3.05. The molecule has 2 nitrogen and oxygen atoms in total. The van der Waals surface area contributed by atoms with Crippen LogP contribution >= 0.6 is 0 Å². The number of rotatable bonds is 2. The molecule has 1 heterocycles. The average Bonchev–Trinajstić information content (AvgIpc) is 2.68. The van der Waals surface area contributed by atoms with Crippen molar-refractivity contribution in [2.75, 3.05) is 13.2 Å². The van der Waals surface area contributed by atoms with Crippen molar-refractivity contribution in [2.45, 2.75) is 51.0 Å². The molecule has 2 atom stereocenters. The third-order valence-electron chi connectivity index (χ3n) is 3.62. The van der Waals surface area contributed by atoms with Crippen molar-refractivity contribution in [3.63, 3.8) is 0 Å². The summed E-state index contributed by atoms with van der Waals surface area (Å²) in [6.07, 6.45) is 10.5. The van der Waals surface area contributed by atoms with E-state index in [2.05, 4.69) is 6.08 Å². The summed E-state index contributed by atoms with van der Waals surface area (Å²) in [6.45, 7) is 1.58. The first-order valence-corrected chi connectivity index (χ1v) is 6.32. The van der Waals surface area contributed by atoms with Crippen molar-refractivity contribution in [1.29, 1.82) is 0 Å². The van der Waals surface area contributed by atoms with E-state index in [1.807, 2.05) is 0 Å². The molecule has 0 bridgehead atoms. The van der Waals surface area contributed by atoms with E-state index in [1.54, 1.807) is 0 Å². The van der Waals surface area contributed by atoms with Crippen LogP contribution in [0.1, 0.15) is 44.9 Å². The summed E-state index contributed by atoms with van der Waals surface area (Å²) in [5, 5.41) is 10.2. The maximum Gasteiger partial charge on any atom is 0.0801 e. The highest BCUT2D eigenvalue weighted by Gasteiger charge is 2.26. The standard InChI is InChI=1S/C13H22O2/c14-13(12-8-9-15-10-12)11-6-4-2-1-3-5-7-11/h6,12-14H,1-5,7-10H2. The maximum atomic E-state index is 10.2. The van der Waals surface area contributed by atoms with Crippen LogP contribution in [0.3, 0.4) is 0 Å². The second-order valence-electron chi connectivity index (χ2n) is 4.80. The smallest absolute Gasteiger partial charge is 0.0801 e. The summed E-state index contributed by atoms with van der Waals surface area (Å²) in [4.78, 5) is 0. The molecule has 1 fully saturated rings. The summed E-state index contributed by atoms with van der Waals surface area (Å²) in [5.41, 5.74) is 1.28. The molecule has 2 rings (SSSR count). The van der Waals surface area contributed by atoms with Crippen molar-refractivity contribution >= 4 is 0 Å². The summed E-state index contributed by atoms with van der Waals surface area (Å²) < 4.78 is 5.34. The number of hydrogen-bond acceptors (Lipinski definition) is 2. The molecule has 0 aromatic carbocycles. The van der Waals surface area contributed by atoms with Gasteiger partial charge in [0.15, 0.2) is 0 Å². The first-order chi connectivity index (χ1) is 7.38. The van der Waals surface area contributed by atoms with Gasteiger partial charge in [0.05, 0.1) is 12.7 Å². The van der Waals surface area contributed by atoms with Gasteiger partial charge in [0.2, 0.25) is 0 Å². The predicted molar refractivity (Wildman–Crippen MR) is 60.7 cm³/mol. The maximum absolute atomic E-state index is 10.2. The zero-order valence-corrected chi connectivity index (χ0v) is 9.45. The first-order valence-electron chi connectivity index (χ1n) is 6.32. The normalized spacial score (nSPS) is 30.5. The van der Waals surface area contributed by atoms with Gasteiger partial charge in [-0.25, -0.2) is 0 Å². The second-order valence-corrected chi connectivity index (χ2v) is 4.80. The largest absolute Gasteiger partial charge is 0.388 e. The molecule has 86 valence electrons. The number of allylic oxidation sites excluding steroid dienone is 1. The molecule has 1 aliphatic carbocycles. The molecule has 0 spiro atoms. The van der Waals surface area contributed by atoms with Crippen molar-refractivity contribution in [2.24, 2.45) is 5.92 Å². The number of hydrogen-bond donors (Lipinski definition) is 1. The monoisotopic (exact) mass is 210 g/mol. The molecule has 2 aliphatic rings. The van der Waals surface area contributed by atoms with Crippen molar-refractivity contribution in [3.05, 3.63) is 11.6 Å². The molecule has 2 unspecified atom stereocenters. The Labute approximate surface area is 92.3 Å². The molecule has 1 N–H and O–H groups in total. The van der Waals surface area contributed by atoms with Gasteiger partial charge < -0.3 is 9.84 Å². The molecule has 0 amide bonds. The minimum absolute atomic E-state index is 0.231. The van der Waals surface area contributed by atoms with Gasteiger partial charge in [0.1, 0.15) is 0 Å². The van der Waals surface area contributed by atoms with E-state index in [-0.39, 0.29) is 6.10 Å². The second kappa shape index (κ2) is 5.66. The zero-order chi connectivity index (χ0) is 10.5. The highest BCUT2D eigenvalue weighted by atomic mass is 16.5. The Balaban J connectivity index is 1.93. The Morgan fingerprint density at radius 1 is 1.27 bits per heavy atom. The molecule has 0 aromatic rings. The Bertz CT molecular complexity index is 217. The van der Waals surface area contributed by atoms with Crippen LogP contribution in [0.25, 0.3) is 0 Å². The van der Waals surface area contributed by atoms with Crippen LogP contribution in [0.4, 0.5) is 0 Å². The van der Waals surface area contributed by atoms with Crippen LogP contribution in [0, 0.1) is 5.92 Å². The van der Waals surface area contributed by atoms with Crippen molar-refractivity contribution in [1.82, 2.24) is 0 Å². The van der Waals surface area contributed by atoms with Crippen LogP contribution < -0.4 is 0 Å². The highest BCUT2D eigenvalue weighted by Crippen LogP contribution is 2.27. The van der Waals surface area contributed by atoms with Crippen molar-refractivity contribution < 1.29 is 9.84 Å². The minimum atomic E-state index is -0.231. The molecule has 2 heteroatoms. The Morgan fingerprint density at radius 3 is 2.93 bits per heavy atom. The lowest BCUT2D eigenvalue weighted by Crippen LogP contribution is -2.23. The molecule has 1 aliphatic heterocycles. The lowest BCUT2D eigenvalue weighted by atomic mass is 9.89. The van der Waals surface area contributed by atoms with Crippen LogP contribution in [0.5, 0.6) is 0 Å².